The second-order valence-corrected chi connectivity index (χ2v) is 5.55. The number of hydrogen-bond acceptors (Lipinski definition) is 2. The fraction of sp³-hybridized carbons (Fsp3) is 0.750. The van der Waals surface area contributed by atoms with E-state index in [-0.39, 0.29) is 11.2 Å². The molecule has 0 saturated heterocycles. The van der Waals surface area contributed by atoms with Crippen molar-refractivity contribution < 1.29 is 13.5 Å². The molecule has 5 heteroatoms. The lowest BCUT2D eigenvalue weighted by Crippen LogP contribution is -2.27. The number of hydrogen-bond donors (Lipinski definition) is 0. The number of ether oxygens (including phenoxy) is 1. The van der Waals surface area contributed by atoms with Crippen molar-refractivity contribution in [2.24, 2.45) is 0 Å². The van der Waals surface area contributed by atoms with Crippen molar-refractivity contribution in [1.82, 2.24) is 9.78 Å². The second kappa shape index (κ2) is 3.77. The number of halogens is 2. The van der Waals surface area contributed by atoms with Gasteiger partial charge in [0, 0.05) is 12.5 Å². The minimum atomic E-state index is -2.89. The smallest absolute Gasteiger partial charge is 0.289 e. The molecule has 0 atom stereocenters. The first-order valence-corrected chi connectivity index (χ1v) is 5.78. The zero-order valence-electron chi connectivity index (χ0n) is 10.7. The molecule has 0 fully saturated rings. The molecule has 0 aromatic carbocycles. The number of nitrogens with zero attached hydrogens (tertiary/aromatic N) is 2. The van der Waals surface area contributed by atoms with Gasteiger partial charge in [-0.15, -0.1) is 0 Å². The van der Waals surface area contributed by atoms with E-state index in [9.17, 15) is 8.78 Å². The fourth-order valence-electron chi connectivity index (χ4n) is 2.15. The van der Waals surface area contributed by atoms with E-state index in [2.05, 4.69) is 5.10 Å². The summed E-state index contributed by atoms with van der Waals surface area (Å²) >= 11 is 0. The molecule has 96 valence electrons. The molecule has 0 unspecified atom stereocenters. The van der Waals surface area contributed by atoms with Gasteiger partial charge in [-0.2, -0.15) is 13.9 Å². The van der Waals surface area contributed by atoms with E-state index in [1.807, 2.05) is 20.8 Å². The molecule has 0 saturated carbocycles. The van der Waals surface area contributed by atoms with Crippen LogP contribution in [0.15, 0.2) is 0 Å². The van der Waals surface area contributed by atoms with Crippen LogP contribution in [0.4, 0.5) is 8.78 Å². The van der Waals surface area contributed by atoms with E-state index in [0.717, 1.165) is 12.6 Å². The Morgan fingerprint density at radius 2 is 1.88 bits per heavy atom. The summed E-state index contributed by atoms with van der Waals surface area (Å²) < 4.78 is 34.1. The molecule has 1 aromatic heterocycles. The fourth-order valence-corrected chi connectivity index (χ4v) is 2.15. The summed E-state index contributed by atoms with van der Waals surface area (Å²) in [6, 6.07) is 0. The summed E-state index contributed by atoms with van der Waals surface area (Å²) in [5, 5.41) is 4.12. The predicted octanol–water partition coefficient (Wildman–Crippen LogP) is 2.82. The van der Waals surface area contributed by atoms with Crippen molar-refractivity contribution >= 4 is 0 Å². The van der Waals surface area contributed by atoms with Crippen LogP contribution in [0.2, 0.25) is 0 Å². The molecule has 1 aliphatic rings. The highest BCUT2D eigenvalue weighted by atomic mass is 19.3. The normalized spacial score (nSPS) is 17.1. The van der Waals surface area contributed by atoms with Crippen LogP contribution in [0.25, 0.3) is 0 Å². The van der Waals surface area contributed by atoms with Crippen molar-refractivity contribution in [2.75, 3.05) is 6.61 Å². The minimum absolute atomic E-state index is 0.0919. The zero-order chi connectivity index (χ0) is 12.8. The first-order valence-electron chi connectivity index (χ1n) is 5.78. The van der Waals surface area contributed by atoms with E-state index < -0.39 is 5.92 Å². The van der Waals surface area contributed by atoms with Crippen molar-refractivity contribution in [1.29, 1.82) is 0 Å². The van der Waals surface area contributed by atoms with E-state index >= 15 is 0 Å². The number of fused-ring (bicyclic) bond motifs is 1. The topological polar surface area (TPSA) is 27.1 Å². The van der Waals surface area contributed by atoms with Gasteiger partial charge in [0.2, 0.25) is 0 Å². The molecule has 0 amide bonds. The van der Waals surface area contributed by atoms with Gasteiger partial charge in [0.15, 0.2) is 0 Å². The van der Waals surface area contributed by atoms with Crippen LogP contribution in [0, 0.1) is 0 Å². The lowest BCUT2D eigenvalue weighted by atomic mass is 10.0. The molecule has 0 bridgehead atoms. The second-order valence-electron chi connectivity index (χ2n) is 5.55. The Kier molecular flexibility index (Phi) is 2.77. The number of rotatable bonds is 1. The molecule has 1 aromatic rings. The van der Waals surface area contributed by atoms with Gasteiger partial charge in [-0.05, 0) is 27.2 Å². The molecule has 0 aliphatic carbocycles. The van der Waals surface area contributed by atoms with E-state index in [0.29, 0.717) is 25.2 Å². The average Bonchev–Trinajstić information content (AvgIpc) is 2.55. The standard InChI is InChI=1S/C12H18F2N2O/c1-11(2,3)16-9-7-17-6-5-8(9)10(15-16)12(4,13)14/h5-7H2,1-4H3. The summed E-state index contributed by atoms with van der Waals surface area (Å²) in [4.78, 5) is 0. The maximum absolute atomic E-state index is 13.5. The molecule has 0 spiro atoms. The van der Waals surface area contributed by atoms with Gasteiger partial charge >= 0.3 is 0 Å². The highest BCUT2D eigenvalue weighted by Crippen LogP contribution is 2.34. The summed E-state index contributed by atoms with van der Waals surface area (Å²) in [7, 11) is 0. The number of aromatic nitrogens is 2. The molecule has 0 radical (unpaired) electrons. The lowest BCUT2D eigenvalue weighted by Gasteiger charge is -2.24. The van der Waals surface area contributed by atoms with Crippen molar-refractivity contribution in [3.63, 3.8) is 0 Å². The minimum Gasteiger partial charge on any atom is -0.375 e. The van der Waals surface area contributed by atoms with Crippen LogP contribution in [-0.2, 0) is 29.2 Å². The third-order valence-corrected chi connectivity index (χ3v) is 2.88. The first kappa shape index (κ1) is 12.5. The maximum atomic E-state index is 13.5. The van der Waals surface area contributed by atoms with Crippen LogP contribution in [-0.4, -0.2) is 16.4 Å². The third-order valence-electron chi connectivity index (χ3n) is 2.88. The Balaban J connectivity index is 2.60. The summed E-state index contributed by atoms with van der Waals surface area (Å²) in [6.45, 7) is 7.62. The quantitative estimate of drug-likeness (QED) is 0.759. The number of alkyl halides is 2. The SMILES string of the molecule is CC(F)(F)c1nn(C(C)(C)C)c2c1CCOC2. The van der Waals surface area contributed by atoms with Crippen molar-refractivity contribution in [3.05, 3.63) is 17.0 Å². The van der Waals surface area contributed by atoms with Crippen LogP contribution in [0.3, 0.4) is 0 Å². The highest BCUT2D eigenvalue weighted by Gasteiger charge is 2.36. The van der Waals surface area contributed by atoms with Gasteiger partial charge in [0.25, 0.3) is 5.92 Å². The van der Waals surface area contributed by atoms with Gasteiger partial charge in [-0.25, -0.2) is 0 Å². The maximum Gasteiger partial charge on any atom is 0.289 e. The zero-order valence-corrected chi connectivity index (χ0v) is 10.7. The molecule has 17 heavy (non-hydrogen) atoms. The van der Waals surface area contributed by atoms with E-state index in [4.69, 9.17) is 4.74 Å². The van der Waals surface area contributed by atoms with Crippen LogP contribution >= 0.6 is 0 Å². The molecule has 0 N–H and O–H groups in total. The van der Waals surface area contributed by atoms with Crippen molar-refractivity contribution in [3.8, 4) is 0 Å². The summed E-state index contributed by atoms with van der Waals surface area (Å²) in [6.07, 6.45) is 0.518. The van der Waals surface area contributed by atoms with E-state index in [1.165, 1.54) is 0 Å². The van der Waals surface area contributed by atoms with Gasteiger partial charge in [-0.3, -0.25) is 4.68 Å². The van der Waals surface area contributed by atoms with Crippen LogP contribution in [0.5, 0.6) is 0 Å². The summed E-state index contributed by atoms with van der Waals surface area (Å²) in [5.41, 5.74) is 1.05. The monoisotopic (exact) mass is 244 g/mol. The Morgan fingerprint density at radius 3 is 2.41 bits per heavy atom. The van der Waals surface area contributed by atoms with Gasteiger partial charge in [0.1, 0.15) is 5.69 Å². The van der Waals surface area contributed by atoms with E-state index in [1.54, 1.807) is 4.68 Å². The molecular formula is C12H18F2N2O. The predicted molar refractivity (Wildman–Crippen MR) is 60.2 cm³/mol. The van der Waals surface area contributed by atoms with Crippen LogP contribution in [0.1, 0.15) is 44.6 Å². The molecule has 2 rings (SSSR count). The Morgan fingerprint density at radius 1 is 1.24 bits per heavy atom. The Labute approximate surface area is 99.8 Å². The first-order chi connectivity index (χ1) is 7.71. The third kappa shape index (κ3) is 2.20. The van der Waals surface area contributed by atoms with Gasteiger partial charge in [0.05, 0.1) is 24.4 Å². The van der Waals surface area contributed by atoms with Crippen LogP contribution < -0.4 is 0 Å². The molecule has 1 aliphatic heterocycles. The highest BCUT2D eigenvalue weighted by molar-refractivity contribution is 5.31. The summed E-state index contributed by atoms with van der Waals surface area (Å²) in [5.74, 6) is -2.89. The van der Waals surface area contributed by atoms with Gasteiger partial charge in [-0.1, -0.05) is 0 Å². The van der Waals surface area contributed by atoms with Gasteiger partial charge < -0.3 is 4.74 Å². The molecular weight excluding hydrogens is 226 g/mol. The van der Waals surface area contributed by atoms with Crippen molar-refractivity contribution in [2.45, 2.75) is 52.2 Å². The Bertz CT molecular complexity index is 388. The average molecular weight is 244 g/mol. The lowest BCUT2D eigenvalue weighted by molar-refractivity contribution is 0.0102. The Hall–Kier alpha value is -0.970. The largest absolute Gasteiger partial charge is 0.375 e. The molecule has 3 nitrogen and oxygen atoms in total. The molecule has 2 heterocycles.